The lowest BCUT2D eigenvalue weighted by molar-refractivity contribution is -0.385. The van der Waals surface area contributed by atoms with E-state index in [1.807, 2.05) is 0 Å². The van der Waals surface area contributed by atoms with E-state index in [1.54, 1.807) is 6.07 Å². The predicted octanol–water partition coefficient (Wildman–Crippen LogP) is 2.97. The van der Waals surface area contributed by atoms with Gasteiger partial charge in [0, 0.05) is 21.4 Å². The Labute approximate surface area is 115 Å². The van der Waals surface area contributed by atoms with Crippen LogP contribution in [0.15, 0.2) is 16.6 Å². The van der Waals surface area contributed by atoms with Crippen molar-refractivity contribution in [3.05, 3.63) is 37.8 Å². The standard InChI is InChI=1S/C10H9Br2NO4/c1-17-10(14)3-6-2-7(5-11)9(13(15)16)4-8(6)12/h2,4H,3,5H2,1H3. The van der Waals surface area contributed by atoms with Crippen molar-refractivity contribution in [3.8, 4) is 0 Å². The molecular formula is C10H9Br2NO4. The van der Waals surface area contributed by atoms with E-state index in [0.717, 1.165) is 0 Å². The fraction of sp³-hybridized carbons (Fsp3) is 0.300. The summed E-state index contributed by atoms with van der Waals surface area (Å²) in [5.74, 6) is -0.389. The number of methoxy groups -OCH3 is 1. The number of nitrogens with zero attached hydrogens (tertiary/aromatic N) is 1. The van der Waals surface area contributed by atoms with Gasteiger partial charge in [-0.2, -0.15) is 0 Å². The maximum absolute atomic E-state index is 11.2. The largest absolute Gasteiger partial charge is 0.469 e. The monoisotopic (exact) mass is 365 g/mol. The van der Waals surface area contributed by atoms with Crippen molar-refractivity contribution in [3.63, 3.8) is 0 Å². The van der Waals surface area contributed by atoms with Crippen LogP contribution in [-0.2, 0) is 21.3 Å². The molecule has 0 aliphatic rings. The molecule has 0 unspecified atom stereocenters. The number of esters is 1. The Hall–Kier alpha value is -0.950. The molecule has 17 heavy (non-hydrogen) atoms. The van der Waals surface area contributed by atoms with E-state index in [-0.39, 0.29) is 18.1 Å². The first kappa shape index (κ1) is 14.1. The van der Waals surface area contributed by atoms with E-state index in [0.29, 0.717) is 20.9 Å². The van der Waals surface area contributed by atoms with Crippen LogP contribution in [0.25, 0.3) is 0 Å². The SMILES string of the molecule is COC(=O)Cc1cc(CBr)c([N+](=O)[O-])cc1Br. The Bertz CT molecular complexity index is 462. The van der Waals surface area contributed by atoms with E-state index >= 15 is 0 Å². The van der Waals surface area contributed by atoms with Gasteiger partial charge in [0.1, 0.15) is 0 Å². The lowest BCUT2D eigenvalue weighted by atomic mass is 10.1. The van der Waals surface area contributed by atoms with Gasteiger partial charge < -0.3 is 4.74 Å². The summed E-state index contributed by atoms with van der Waals surface area (Å²) in [6.07, 6.45) is 0.0785. The highest BCUT2D eigenvalue weighted by molar-refractivity contribution is 9.10. The number of ether oxygens (including phenoxy) is 1. The van der Waals surface area contributed by atoms with Gasteiger partial charge in [0.05, 0.1) is 18.5 Å². The van der Waals surface area contributed by atoms with Crippen molar-refractivity contribution in [1.29, 1.82) is 0 Å². The van der Waals surface area contributed by atoms with Gasteiger partial charge in [-0.15, -0.1) is 0 Å². The molecule has 0 aromatic heterocycles. The average molecular weight is 367 g/mol. The zero-order chi connectivity index (χ0) is 13.0. The smallest absolute Gasteiger partial charge is 0.310 e. The number of halogens is 2. The van der Waals surface area contributed by atoms with Gasteiger partial charge in [0.2, 0.25) is 0 Å². The summed E-state index contributed by atoms with van der Waals surface area (Å²) >= 11 is 6.39. The molecule has 0 heterocycles. The first-order chi connectivity index (χ1) is 7.99. The van der Waals surface area contributed by atoms with Gasteiger partial charge in [-0.1, -0.05) is 31.9 Å². The summed E-state index contributed by atoms with van der Waals surface area (Å²) in [4.78, 5) is 21.5. The van der Waals surface area contributed by atoms with Crippen LogP contribution in [0.2, 0.25) is 0 Å². The highest BCUT2D eigenvalue weighted by Gasteiger charge is 2.17. The van der Waals surface area contributed by atoms with Crippen LogP contribution in [-0.4, -0.2) is 18.0 Å². The molecule has 0 N–H and O–H groups in total. The molecule has 0 aliphatic heterocycles. The van der Waals surface area contributed by atoms with Crippen molar-refractivity contribution in [2.45, 2.75) is 11.8 Å². The third kappa shape index (κ3) is 3.50. The molecule has 0 atom stereocenters. The summed E-state index contributed by atoms with van der Waals surface area (Å²) in [6, 6.07) is 3.02. The molecular weight excluding hydrogens is 358 g/mol. The number of hydrogen-bond donors (Lipinski definition) is 0. The minimum absolute atomic E-state index is 0.0161. The van der Waals surface area contributed by atoms with Crippen LogP contribution in [0.4, 0.5) is 5.69 Å². The molecule has 0 radical (unpaired) electrons. The normalized spacial score (nSPS) is 10.1. The lowest BCUT2D eigenvalue weighted by Crippen LogP contribution is -2.06. The molecule has 1 aromatic rings. The van der Waals surface area contributed by atoms with Crippen LogP contribution in [0.5, 0.6) is 0 Å². The fourth-order valence-corrected chi connectivity index (χ4v) is 2.22. The quantitative estimate of drug-likeness (QED) is 0.355. The Morgan fingerprint density at radius 1 is 1.47 bits per heavy atom. The molecule has 0 bridgehead atoms. The van der Waals surface area contributed by atoms with E-state index < -0.39 is 4.92 Å². The Balaban J connectivity index is 3.17. The van der Waals surface area contributed by atoms with Gasteiger partial charge in [0.15, 0.2) is 0 Å². The number of carbonyl (C=O) groups is 1. The summed E-state index contributed by atoms with van der Waals surface area (Å²) < 4.78 is 5.08. The topological polar surface area (TPSA) is 69.4 Å². The summed E-state index contributed by atoms with van der Waals surface area (Å²) in [7, 11) is 1.30. The zero-order valence-electron chi connectivity index (χ0n) is 8.91. The average Bonchev–Trinajstić information content (AvgIpc) is 2.30. The summed E-state index contributed by atoms with van der Waals surface area (Å²) in [5, 5.41) is 11.1. The molecule has 0 spiro atoms. The van der Waals surface area contributed by atoms with Gasteiger partial charge in [0.25, 0.3) is 5.69 Å². The third-order valence-electron chi connectivity index (χ3n) is 2.15. The first-order valence-electron chi connectivity index (χ1n) is 4.58. The van der Waals surface area contributed by atoms with E-state index in [1.165, 1.54) is 13.2 Å². The molecule has 0 saturated heterocycles. The van der Waals surface area contributed by atoms with Crippen LogP contribution in [0.3, 0.4) is 0 Å². The van der Waals surface area contributed by atoms with Crippen molar-refractivity contribution < 1.29 is 14.5 Å². The predicted molar refractivity (Wildman–Crippen MR) is 69.1 cm³/mol. The van der Waals surface area contributed by atoms with E-state index in [4.69, 9.17) is 0 Å². The van der Waals surface area contributed by atoms with E-state index in [2.05, 4.69) is 36.6 Å². The zero-order valence-corrected chi connectivity index (χ0v) is 12.1. The van der Waals surface area contributed by atoms with Crippen LogP contribution in [0.1, 0.15) is 11.1 Å². The highest BCUT2D eigenvalue weighted by Crippen LogP contribution is 2.29. The number of benzene rings is 1. The molecule has 0 amide bonds. The van der Waals surface area contributed by atoms with Crippen molar-refractivity contribution >= 4 is 43.5 Å². The van der Waals surface area contributed by atoms with Crippen molar-refractivity contribution in [1.82, 2.24) is 0 Å². The first-order valence-corrected chi connectivity index (χ1v) is 6.49. The van der Waals surface area contributed by atoms with Crippen molar-refractivity contribution in [2.24, 2.45) is 0 Å². The second-order valence-corrected chi connectivity index (χ2v) is 4.63. The maximum Gasteiger partial charge on any atom is 0.310 e. The molecule has 0 saturated carbocycles. The second-order valence-electron chi connectivity index (χ2n) is 3.22. The minimum atomic E-state index is -0.455. The molecule has 7 heteroatoms. The summed E-state index contributed by atoms with van der Waals surface area (Å²) in [6.45, 7) is 0. The minimum Gasteiger partial charge on any atom is -0.469 e. The Kier molecular flexibility index (Phi) is 5.07. The molecule has 92 valence electrons. The Morgan fingerprint density at radius 2 is 2.12 bits per heavy atom. The maximum atomic E-state index is 11.2. The van der Waals surface area contributed by atoms with Gasteiger partial charge >= 0.3 is 5.97 Å². The van der Waals surface area contributed by atoms with E-state index in [9.17, 15) is 14.9 Å². The lowest BCUT2D eigenvalue weighted by Gasteiger charge is -2.06. The van der Waals surface area contributed by atoms with Crippen LogP contribution >= 0.6 is 31.9 Å². The van der Waals surface area contributed by atoms with Crippen LogP contribution < -0.4 is 0 Å². The van der Waals surface area contributed by atoms with Crippen molar-refractivity contribution in [2.75, 3.05) is 7.11 Å². The van der Waals surface area contributed by atoms with Gasteiger partial charge in [-0.25, -0.2) is 0 Å². The molecule has 1 rings (SSSR count). The number of hydrogen-bond acceptors (Lipinski definition) is 4. The summed E-state index contributed by atoms with van der Waals surface area (Å²) in [5.41, 5.74) is 1.20. The number of nitro groups is 1. The molecule has 1 aromatic carbocycles. The van der Waals surface area contributed by atoms with Gasteiger partial charge in [-0.05, 0) is 11.6 Å². The molecule has 0 aliphatic carbocycles. The number of alkyl halides is 1. The number of rotatable bonds is 4. The highest BCUT2D eigenvalue weighted by atomic mass is 79.9. The molecule has 5 nitrogen and oxygen atoms in total. The second kappa shape index (κ2) is 6.11. The van der Waals surface area contributed by atoms with Gasteiger partial charge in [-0.3, -0.25) is 14.9 Å². The third-order valence-corrected chi connectivity index (χ3v) is 3.49. The van der Waals surface area contributed by atoms with Crippen LogP contribution in [0, 0.1) is 10.1 Å². The Morgan fingerprint density at radius 3 is 2.59 bits per heavy atom. The molecule has 0 fully saturated rings. The number of carbonyl (C=O) groups excluding carboxylic acids is 1. The number of nitro benzene ring substituents is 1. The fourth-order valence-electron chi connectivity index (χ4n) is 1.30.